The summed E-state index contributed by atoms with van der Waals surface area (Å²) in [6, 6.07) is 25.5. The fraction of sp³-hybridized carbons (Fsp3) is 0.0370. The largest absolute Gasteiger partial charge is 0.508 e. The van der Waals surface area contributed by atoms with Crippen molar-refractivity contribution in [2.45, 2.75) is 5.60 Å². The summed E-state index contributed by atoms with van der Waals surface area (Å²) in [5, 5.41) is 10.1. The summed E-state index contributed by atoms with van der Waals surface area (Å²) in [6.07, 6.45) is 0. The number of fused-ring (bicyclic) bond motifs is 6. The fourth-order valence-corrected chi connectivity index (χ4v) is 4.45. The standard InChI is InChI=1S/C27H16O6/c28-17-10-12-21-23(14-17)32-24-15-18(31-25(29)16-6-2-1-3-7-16)11-13-22(24)27(21)20-9-5-4-8-19(20)26(30)33-27/h1-15,28H. The Bertz CT molecular complexity index is 1440. The first kappa shape index (κ1) is 19.1. The van der Waals surface area contributed by atoms with Crippen molar-refractivity contribution in [3.05, 3.63) is 119 Å². The van der Waals surface area contributed by atoms with Crippen LogP contribution in [0, 0.1) is 0 Å². The molecule has 0 fully saturated rings. The van der Waals surface area contributed by atoms with E-state index in [1.54, 1.807) is 60.7 Å². The number of phenols is 1. The number of ether oxygens (including phenoxy) is 3. The van der Waals surface area contributed by atoms with E-state index in [9.17, 15) is 14.7 Å². The Morgan fingerprint density at radius 2 is 1.48 bits per heavy atom. The average molecular weight is 436 g/mol. The third-order valence-corrected chi connectivity index (χ3v) is 5.89. The van der Waals surface area contributed by atoms with E-state index in [2.05, 4.69) is 0 Å². The van der Waals surface area contributed by atoms with E-state index in [1.807, 2.05) is 18.2 Å². The van der Waals surface area contributed by atoms with E-state index in [1.165, 1.54) is 12.1 Å². The Balaban J connectivity index is 1.50. The minimum atomic E-state index is -1.24. The lowest BCUT2D eigenvalue weighted by Gasteiger charge is -2.36. The van der Waals surface area contributed by atoms with Crippen LogP contribution in [0.2, 0.25) is 0 Å². The maximum absolute atomic E-state index is 12.8. The number of benzene rings is 4. The van der Waals surface area contributed by atoms with Crippen molar-refractivity contribution in [2.24, 2.45) is 0 Å². The number of phenolic OH excluding ortho intramolecular Hbond substituents is 1. The van der Waals surface area contributed by atoms with Crippen LogP contribution in [-0.2, 0) is 10.3 Å². The zero-order chi connectivity index (χ0) is 22.6. The molecule has 0 aromatic heterocycles. The number of rotatable bonds is 2. The lowest BCUT2D eigenvalue weighted by atomic mass is 9.77. The summed E-state index contributed by atoms with van der Waals surface area (Å²) in [6.45, 7) is 0. The molecule has 2 aliphatic rings. The van der Waals surface area contributed by atoms with Crippen LogP contribution in [-0.4, -0.2) is 17.0 Å². The number of hydrogen-bond acceptors (Lipinski definition) is 6. The van der Waals surface area contributed by atoms with Crippen LogP contribution in [0.4, 0.5) is 0 Å². The summed E-state index contributed by atoms with van der Waals surface area (Å²) in [4.78, 5) is 25.3. The zero-order valence-electron chi connectivity index (χ0n) is 17.1. The second-order valence-corrected chi connectivity index (χ2v) is 7.81. The van der Waals surface area contributed by atoms with Gasteiger partial charge in [-0.1, -0.05) is 36.4 Å². The number of hydrogen-bond donors (Lipinski definition) is 1. The molecule has 1 unspecified atom stereocenters. The van der Waals surface area contributed by atoms with Gasteiger partial charge in [0, 0.05) is 28.8 Å². The first-order valence-corrected chi connectivity index (χ1v) is 10.3. The van der Waals surface area contributed by atoms with Crippen LogP contribution in [0.5, 0.6) is 23.0 Å². The molecule has 6 rings (SSSR count). The van der Waals surface area contributed by atoms with Gasteiger partial charge in [0.25, 0.3) is 0 Å². The minimum absolute atomic E-state index is 0.0108. The highest BCUT2D eigenvalue weighted by Gasteiger charge is 2.53. The zero-order valence-corrected chi connectivity index (χ0v) is 17.1. The van der Waals surface area contributed by atoms with E-state index in [-0.39, 0.29) is 11.5 Å². The Morgan fingerprint density at radius 1 is 0.788 bits per heavy atom. The summed E-state index contributed by atoms with van der Waals surface area (Å²) < 4.78 is 17.7. The van der Waals surface area contributed by atoms with Crippen LogP contribution < -0.4 is 9.47 Å². The Hall–Kier alpha value is -4.58. The van der Waals surface area contributed by atoms with E-state index in [0.29, 0.717) is 39.3 Å². The second-order valence-electron chi connectivity index (χ2n) is 7.81. The molecule has 0 saturated heterocycles. The van der Waals surface area contributed by atoms with E-state index < -0.39 is 17.5 Å². The molecule has 6 nitrogen and oxygen atoms in total. The van der Waals surface area contributed by atoms with Crippen LogP contribution >= 0.6 is 0 Å². The van der Waals surface area contributed by atoms with Gasteiger partial charge in [-0.15, -0.1) is 0 Å². The normalized spacial score (nSPS) is 17.4. The molecular weight excluding hydrogens is 420 g/mol. The number of esters is 2. The molecule has 4 aromatic carbocycles. The minimum Gasteiger partial charge on any atom is -0.508 e. The molecule has 160 valence electrons. The summed E-state index contributed by atoms with van der Waals surface area (Å²) >= 11 is 0. The SMILES string of the molecule is O=C(Oc1ccc2c(c1)Oc1cc(O)ccc1C21OC(=O)c2ccccc21)c1ccccc1. The van der Waals surface area contributed by atoms with Crippen molar-refractivity contribution in [1.82, 2.24) is 0 Å². The predicted octanol–water partition coefficient (Wildman–Crippen LogP) is 5.18. The van der Waals surface area contributed by atoms with Gasteiger partial charge in [0.1, 0.15) is 23.0 Å². The topological polar surface area (TPSA) is 82.1 Å². The average Bonchev–Trinajstić information content (AvgIpc) is 3.12. The van der Waals surface area contributed by atoms with Crippen LogP contribution in [0.25, 0.3) is 0 Å². The third kappa shape index (κ3) is 2.81. The van der Waals surface area contributed by atoms with Crippen molar-refractivity contribution in [2.75, 3.05) is 0 Å². The first-order valence-electron chi connectivity index (χ1n) is 10.3. The molecule has 1 spiro atoms. The molecule has 0 aliphatic carbocycles. The molecule has 33 heavy (non-hydrogen) atoms. The summed E-state index contributed by atoms with van der Waals surface area (Å²) in [7, 11) is 0. The molecular formula is C27H16O6. The van der Waals surface area contributed by atoms with E-state index in [0.717, 1.165) is 0 Å². The summed E-state index contributed by atoms with van der Waals surface area (Å²) in [5.74, 6) is 0.0406. The molecule has 1 N–H and O–H groups in total. The van der Waals surface area contributed by atoms with E-state index in [4.69, 9.17) is 14.2 Å². The third-order valence-electron chi connectivity index (χ3n) is 5.89. The van der Waals surface area contributed by atoms with Gasteiger partial charge in [0.2, 0.25) is 0 Å². The molecule has 1 atom stereocenters. The number of carbonyl (C=O) groups is 2. The molecule has 0 saturated carbocycles. The Labute approximate surface area is 188 Å². The maximum Gasteiger partial charge on any atom is 0.343 e. The smallest absolute Gasteiger partial charge is 0.343 e. The highest BCUT2D eigenvalue weighted by Crippen LogP contribution is 2.56. The van der Waals surface area contributed by atoms with Gasteiger partial charge >= 0.3 is 11.9 Å². The summed E-state index contributed by atoms with van der Waals surface area (Å²) in [5.41, 5.74) is 1.51. The quantitative estimate of drug-likeness (QED) is 0.344. The monoisotopic (exact) mass is 436 g/mol. The Kier molecular flexibility index (Phi) is 4.04. The van der Waals surface area contributed by atoms with Gasteiger partial charge in [0.15, 0.2) is 5.60 Å². The molecule has 0 bridgehead atoms. The number of aromatic hydroxyl groups is 1. The van der Waals surface area contributed by atoms with Crippen LogP contribution in [0.1, 0.15) is 37.4 Å². The van der Waals surface area contributed by atoms with Crippen molar-refractivity contribution in [3.63, 3.8) is 0 Å². The van der Waals surface area contributed by atoms with Crippen molar-refractivity contribution < 1.29 is 28.9 Å². The maximum atomic E-state index is 12.8. The van der Waals surface area contributed by atoms with E-state index >= 15 is 0 Å². The molecule has 4 aromatic rings. The number of carbonyl (C=O) groups excluding carboxylic acids is 2. The lowest BCUT2D eigenvalue weighted by Crippen LogP contribution is -2.33. The molecule has 0 radical (unpaired) electrons. The molecule has 2 aliphatic heterocycles. The predicted molar refractivity (Wildman–Crippen MR) is 118 cm³/mol. The second kappa shape index (κ2) is 6.97. The Morgan fingerprint density at radius 3 is 2.30 bits per heavy atom. The van der Waals surface area contributed by atoms with Crippen LogP contribution in [0.3, 0.4) is 0 Å². The van der Waals surface area contributed by atoms with Gasteiger partial charge < -0.3 is 19.3 Å². The first-order chi connectivity index (χ1) is 16.1. The van der Waals surface area contributed by atoms with Gasteiger partial charge in [-0.05, 0) is 42.5 Å². The molecule has 6 heteroatoms. The van der Waals surface area contributed by atoms with Gasteiger partial charge in [0.05, 0.1) is 11.1 Å². The van der Waals surface area contributed by atoms with Gasteiger partial charge in [-0.3, -0.25) is 0 Å². The highest BCUT2D eigenvalue weighted by molar-refractivity contribution is 5.97. The van der Waals surface area contributed by atoms with Gasteiger partial charge in [-0.25, -0.2) is 9.59 Å². The molecule has 2 heterocycles. The van der Waals surface area contributed by atoms with Crippen molar-refractivity contribution in [1.29, 1.82) is 0 Å². The lowest BCUT2D eigenvalue weighted by molar-refractivity contribution is 0.0224. The van der Waals surface area contributed by atoms with Crippen molar-refractivity contribution in [3.8, 4) is 23.0 Å². The van der Waals surface area contributed by atoms with Crippen LogP contribution in [0.15, 0.2) is 91.0 Å². The highest BCUT2D eigenvalue weighted by atomic mass is 16.6. The molecule has 0 amide bonds. The van der Waals surface area contributed by atoms with Gasteiger partial charge in [-0.2, -0.15) is 0 Å². The fourth-order valence-electron chi connectivity index (χ4n) is 4.45. The van der Waals surface area contributed by atoms with Crippen molar-refractivity contribution >= 4 is 11.9 Å².